The maximum Gasteiger partial charge on any atom is 0.336 e. The molecular weight excluding hydrogens is 272 g/mol. The summed E-state index contributed by atoms with van der Waals surface area (Å²) in [5, 5.41) is 22.1. The number of hydrogen-bond acceptors (Lipinski definition) is 5. The van der Waals surface area contributed by atoms with Crippen LogP contribution in [0.3, 0.4) is 0 Å². The lowest BCUT2D eigenvalue weighted by Gasteiger charge is -2.18. The third-order valence-electron chi connectivity index (χ3n) is 3.14. The summed E-state index contributed by atoms with van der Waals surface area (Å²) in [4.78, 5) is 15.8. The van der Waals surface area contributed by atoms with Gasteiger partial charge in [0.05, 0.1) is 23.7 Å². The van der Waals surface area contributed by atoms with Crippen molar-refractivity contribution < 1.29 is 19.7 Å². The Hall–Kier alpha value is -2.18. The summed E-state index contributed by atoms with van der Waals surface area (Å²) in [7, 11) is 1.57. The molecule has 0 bridgehead atoms. The number of para-hydroxylation sites is 1. The fourth-order valence-corrected chi connectivity index (χ4v) is 2.19. The van der Waals surface area contributed by atoms with Crippen LogP contribution in [0.4, 0.5) is 5.82 Å². The topological polar surface area (TPSA) is 91.7 Å². The Bertz CT molecular complexity index is 624. The molecule has 2 aromatic rings. The van der Waals surface area contributed by atoms with Gasteiger partial charge in [-0.05, 0) is 18.6 Å². The number of benzene rings is 1. The molecule has 21 heavy (non-hydrogen) atoms. The van der Waals surface area contributed by atoms with Gasteiger partial charge < -0.3 is 20.3 Å². The van der Waals surface area contributed by atoms with Crippen LogP contribution in [0.5, 0.6) is 0 Å². The quantitative estimate of drug-likeness (QED) is 0.719. The van der Waals surface area contributed by atoms with Gasteiger partial charge in [0.2, 0.25) is 0 Å². The molecule has 0 aliphatic heterocycles. The molecule has 0 saturated heterocycles. The molecule has 0 amide bonds. The van der Waals surface area contributed by atoms with Gasteiger partial charge in [-0.3, -0.25) is 0 Å². The Kier molecular flexibility index (Phi) is 5.08. The number of anilines is 1. The highest BCUT2D eigenvalue weighted by Crippen LogP contribution is 2.21. The first kappa shape index (κ1) is 15.2. The Morgan fingerprint density at radius 1 is 1.43 bits per heavy atom. The molecule has 0 radical (unpaired) electrons. The lowest BCUT2D eigenvalue weighted by molar-refractivity contribution is 0.0699. The van der Waals surface area contributed by atoms with Crippen LogP contribution in [0.1, 0.15) is 16.8 Å². The molecule has 6 heteroatoms. The molecule has 1 aromatic carbocycles. The average molecular weight is 290 g/mol. The number of nitrogens with one attached hydrogen (secondary N) is 1. The number of fused-ring (bicyclic) bond motifs is 1. The van der Waals surface area contributed by atoms with E-state index in [1.807, 2.05) is 6.07 Å². The lowest BCUT2D eigenvalue weighted by atomic mass is 10.1. The minimum Gasteiger partial charge on any atom is -0.478 e. The van der Waals surface area contributed by atoms with Crippen LogP contribution < -0.4 is 5.32 Å². The molecule has 0 spiro atoms. The molecule has 1 atom stereocenters. The highest BCUT2D eigenvalue weighted by molar-refractivity contribution is 6.03. The number of ether oxygens (including phenoxy) is 1. The first-order chi connectivity index (χ1) is 10.2. The summed E-state index contributed by atoms with van der Waals surface area (Å²) in [6, 6.07) is 8.47. The summed E-state index contributed by atoms with van der Waals surface area (Å²) < 4.78 is 5.08. The van der Waals surface area contributed by atoms with Crippen molar-refractivity contribution in [2.45, 2.75) is 12.5 Å². The maximum absolute atomic E-state index is 11.4. The Morgan fingerprint density at radius 3 is 2.86 bits per heavy atom. The monoisotopic (exact) mass is 290 g/mol. The van der Waals surface area contributed by atoms with Gasteiger partial charge in [-0.25, -0.2) is 9.78 Å². The molecule has 1 unspecified atom stereocenters. The third kappa shape index (κ3) is 3.68. The van der Waals surface area contributed by atoms with Gasteiger partial charge in [0, 0.05) is 19.1 Å². The molecule has 3 N–H and O–H groups in total. The fourth-order valence-electron chi connectivity index (χ4n) is 2.19. The van der Waals surface area contributed by atoms with Crippen LogP contribution in [0.2, 0.25) is 0 Å². The van der Waals surface area contributed by atoms with E-state index in [9.17, 15) is 9.90 Å². The van der Waals surface area contributed by atoms with Gasteiger partial charge in [0.1, 0.15) is 5.82 Å². The molecule has 1 aromatic heterocycles. The minimum atomic E-state index is -0.998. The zero-order chi connectivity index (χ0) is 15.2. The van der Waals surface area contributed by atoms with E-state index in [-0.39, 0.29) is 18.2 Å². The van der Waals surface area contributed by atoms with Gasteiger partial charge in [0.15, 0.2) is 0 Å². The second-order valence-electron chi connectivity index (χ2n) is 4.69. The zero-order valence-corrected chi connectivity index (χ0v) is 11.7. The Labute approximate surface area is 122 Å². The van der Waals surface area contributed by atoms with E-state index in [1.165, 1.54) is 6.07 Å². The standard InChI is InChI=1S/C15H18N2O4/c1-21-9-10(6-7-18)16-14-8-12(15(19)20)11-4-2-3-5-13(11)17-14/h2-5,8,10,18H,6-7,9H2,1H3,(H,16,17)(H,19,20). The maximum atomic E-state index is 11.4. The SMILES string of the molecule is COCC(CCO)Nc1cc(C(=O)O)c2ccccc2n1. The van der Waals surface area contributed by atoms with Crippen LogP contribution in [-0.4, -0.2) is 47.5 Å². The molecule has 0 fully saturated rings. The highest BCUT2D eigenvalue weighted by Gasteiger charge is 2.14. The van der Waals surface area contributed by atoms with E-state index in [2.05, 4.69) is 10.3 Å². The number of pyridine rings is 1. The molecule has 2 rings (SSSR count). The smallest absolute Gasteiger partial charge is 0.336 e. The minimum absolute atomic E-state index is 0.0143. The van der Waals surface area contributed by atoms with Crippen molar-refractivity contribution in [2.75, 3.05) is 25.6 Å². The molecule has 0 aliphatic rings. The summed E-state index contributed by atoms with van der Waals surface area (Å²) in [5.74, 6) is -0.538. The largest absolute Gasteiger partial charge is 0.478 e. The van der Waals surface area contributed by atoms with Crippen LogP contribution >= 0.6 is 0 Å². The average Bonchev–Trinajstić information content (AvgIpc) is 2.47. The number of carboxylic acids is 1. The van der Waals surface area contributed by atoms with Crippen molar-refractivity contribution in [3.63, 3.8) is 0 Å². The van der Waals surface area contributed by atoms with Crippen LogP contribution in [-0.2, 0) is 4.74 Å². The first-order valence-electron chi connectivity index (χ1n) is 6.65. The number of carboxylic acid groups (broad SMARTS) is 1. The van der Waals surface area contributed by atoms with E-state index in [0.29, 0.717) is 29.7 Å². The van der Waals surface area contributed by atoms with Gasteiger partial charge in [0.25, 0.3) is 0 Å². The Morgan fingerprint density at radius 2 is 2.19 bits per heavy atom. The number of aliphatic hydroxyl groups is 1. The van der Waals surface area contributed by atoms with Crippen molar-refractivity contribution in [1.82, 2.24) is 4.98 Å². The van der Waals surface area contributed by atoms with E-state index in [4.69, 9.17) is 9.84 Å². The molecule has 0 saturated carbocycles. The number of aliphatic hydroxyl groups excluding tert-OH is 1. The van der Waals surface area contributed by atoms with Crippen LogP contribution in [0, 0.1) is 0 Å². The first-order valence-corrected chi connectivity index (χ1v) is 6.65. The summed E-state index contributed by atoms with van der Waals surface area (Å²) >= 11 is 0. The number of rotatable bonds is 7. The highest BCUT2D eigenvalue weighted by atomic mass is 16.5. The van der Waals surface area contributed by atoms with Gasteiger partial charge in [-0.2, -0.15) is 0 Å². The second-order valence-corrected chi connectivity index (χ2v) is 4.69. The summed E-state index contributed by atoms with van der Waals surface area (Å²) in [6.07, 6.45) is 0.491. The van der Waals surface area contributed by atoms with Crippen molar-refractivity contribution in [3.05, 3.63) is 35.9 Å². The molecule has 1 heterocycles. The normalized spacial score (nSPS) is 12.3. The number of nitrogens with zero attached hydrogens (tertiary/aromatic N) is 1. The van der Waals surface area contributed by atoms with Crippen LogP contribution in [0.25, 0.3) is 10.9 Å². The third-order valence-corrected chi connectivity index (χ3v) is 3.14. The summed E-state index contributed by atoms with van der Waals surface area (Å²) in [5.41, 5.74) is 0.809. The van der Waals surface area contributed by atoms with Crippen molar-refractivity contribution in [2.24, 2.45) is 0 Å². The lowest BCUT2D eigenvalue weighted by Crippen LogP contribution is -2.26. The van der Waals surface area contributed by atoms with E-state index >= 15 is 0 Å². The zero-order valence-electron chi connectivity index (χ0n) is 11.7. The number of carbonyl (C=O) groups is 1. The van der Waals surface area contributed by atoms with Gasteiger partial charge in [-0.1, -0.05) is 18.2 Å². The number of aromatic carboxylic acids is 1. The van der Waals surface area contributed by atoms with Crippen molar-refractivity contribution >= 4 is 22.7 Å². The van der Waals surface area contributed by atoms with Crippen molar-refractivity contribution in [1.29, 1.82) is 0 Å². The molecule has 0 aliphatic carbocycles. The van der Waals surface area contributed by atoms with Crippen molar-refractivity contribution in [3.8, 4) is 0 Å². The second kappa shape index (κ2) is 7.01. The van der Waals surface area contributed by atoms with Crippen LogP contribution in [0.15, 0.2) is 30.3 Å². The van der Waals surface area contributed by atoms with Gasteiger partial charge >= 0.3 is 5.97 Å². The number of methoxy groups -OCH3 is 1. The molecule has 6 nitrogen and oxygen atoms in total. The van der Waals surface area contributed by atoms with Gasteiger partial charge in [-0.15, -0.1) is 0 Å². The summed E-state index contributed by atoms with van der Waals surface area (Å²) in [6.45, 7) is 0.415. The fraction of sp³-hybridized carbons (Fsp3) is 0.333. The molecular formula is C15H18N2O4. The van der Waals surface area contributed by atoms with E-state index < -0.39 is 5.97 Å². The van der Waals surface area contributed by atoms with E-state index in [1.54, 1.807) is 25.3 Å². The number of hydrogen-bond donors (Lipinski definition) is 3. The Balaban J connectivity index is 2.37. The van der Waals surface area contributed by atoms with E-state index in [0.717, 1.165) is 0 Å². The predicted molar refractivity (Wildman–Crippen MR) is 79.7 cm³/mol. The molecule has 112 valence electrons. The number of aromatic nitrogens is 1. The predicted octanol–water partition coefficient (Wildman–Crippen LogP) is 1.74.